The molecule has 2 rings (SSSR count). The number of anilines is 1. The molecule has 0 heterocycles. The van der Waals surface area contributed by atoms with Crippen LogP contribution >= 0.6 is 39.1 Å². The van der Waals surface area contributed by atoms with Crippen LogP contribution in [0.5, 0.6) is 0 Å². The van der Waals surface area contributed by atoms with Gasteiger partial charge in [-0.15, -0.1) is 0 Å². The van der Waals surface area contributed by atoms with Gasteiger partial charge in [-0.05, 0) is 35.9 Å². The maximum absolute atomic E-state index is 12.1. The molecular weight excluding hydrogens is 413 g/mol. The molecule has 24 heavy (non-hydrogen) atoms. The van der Waals surface area contributed by atoms with Crippen LogP contribution in [0.2, 0.25) is 10.0 Å². The highest BCUT2D eigenvalue weighted by atomic mass is 79.9. The largest absolute Gasteiger partial charge is 0.386 e. The highest BCUT2D eigenvalue weighted by Crippen LogP contribution is 2.25. The van der Waals surface area contributed by atoms with Crippen LogP contribution in [0, 0.1) is 11.3 Å². The molecule has 2 N–H and O–H groups in total. The predicted molar refractivity (Wildman–Crippen MR) is 99.8 cm³/mol. The number of carbonyl (C=O) groups is 1. The minimum atomic E-state index is -0.565. The fourth-order valence-electron chi connectivity index (χ4n) is 1.80. The summed E-state index contributed by atoms with van der Waals surface area (Å²) in [4.78, 5) is 12.1. The first-order valence-electron chi connectivity index (χ1n) is 6.84. The average Bonchev–Trinajstić information content (AvgIpc) is 2.56. The van der Waals surface area contributed by atoms with Crippen LogP contribution in [0.1, 0.15) is 5.56 Å². The van der Waals surface area contributed by atoms with Gasteiger partial charge in [0.05, 0.1) is 10.7 Å². The second-order valence-corrected chi connectivity index (χ2v) is 6.51. The molecule has 0 aromatic heterocycles. The summed E-state index contributed by atoms with van der Waals surface area (Å²) in [6.07, 6.45) is 1.37. The molecule has 0 atom stereocenters. The van der Waals surface area contributed by atoms with Crippen molar-refractivity contribution in [3.8, 4) is 6.07 Å². The standard InChI is InChI=1S/C17H12BrCl2N3O/c18-13-3-1-11(2-4-13)9-22-10-12(8-21)17(24)23-16-7-14(19)5-6-15(16)20/h1-7,10,22H,9H2,(H,23,24)/b12-10-. The molecule has 122 valence electrons. The van der Waals surface area contributed by atoms with E-state index in [0.29, 0.717) is 22.3 Å². The molecule has 0 radical (unpaired) electrons. The number of carbonyl (C=O) groups excluding carboxylic acids is 1. The Labute approximate surface area is 158 Å². The molecule has 1 amide bonds. The van der Waals surface area contributed by atoms with Gasteiger partial charge in [0.2, 0.25) is 0 Å². The van der Waals surface area contributed by atoms with Gasteiger partial charge in [0.1, 0.15) is 11.6 Å². The molecule has 0 aliphatic heterocycles. The summed E-state index contributed by atoms with van der Waals surface area (Å²) in [5.74, 6) is -0.565. The second kappa shape index (κ2) is 8.74. The van der Waals surface area contributed by atoms with Crippen LogP contribution < -0.4 is 10.6 Å². The van der Waals surface area contributed by atoms with Crippen LogP contribution in [0.25, 0.3) is 0 Å². The smallest absolute Gasteiger partial charge is 0.267 e. The lowest BCUT2D eigenvalue weighted by molar-refractivity contribution is -0.112. The van der Waals surface area contributed by atoms with E-state index in [9.17, 15) is 4.79 Å². The van der Waals surface area contributed by atoms with E-state index in [1.165, 1.54) is 12.3 Å². The fraction of sp³-hybridized carbons (Fsp3) is 0.0588. The lowest BCUT2D eigenvalue weighted by Crippen LogP contribution is -2.16. The molecule has 2 aromatic rings. The van der Waals surface area contributed by atoms with Gasteiger partial charge in [-0.1, -0.05) is 51.3 Å². The summed E-state index contributed by atoms with van der Waals surface area (Å²) in [5.41, 5.74) is 1.30. The van der Waals surface area contributed by atoms with Crippen LogP contribution in [0.15, 0.2) is 58.7 Å². The number of nitriles is 1. The Kier molecular flexibility index (Phi) is 6.68. The number of amides is 1. The Morgan fingerprint density at radius 1 is 1.21 bits per heavy atom. The second-order valence-electron chi connectivity index (χ2n) is 4.76. The minimum absolute atomic E-state index is 0.0665. The third-order valence-corrected chi connectivity index (χ3v) is 4.10. The summed E-state index contributed by atoms with van der Waals surface area (Å²) in [6.45, 7) is 0.490. The number of nitrogens with one attached hydrogen (secondary N) is 2. The van der Waals surface area contributed by atoms with Crippen LogP contribution in [-0.4, -0.2) is 5.91 Å². The first-order valence-corrected chi connectivity index (χ1v) is 8.39. The number of benzene rings is 2. The molecule has 0 bridgehead atoms. The number of hydrogen-bond acceptors (Lipinski definition) is 3. The van der Waals surface area contributed by atoms with Gasteiger partial charge < -0.3 is 10.6 Å². The zero-order valence-corrected chi connectivity index (χ0v) is 15.4. The normalized spacial score (nSPS) is 10.8. The van der Waals surface area contributed by atoms with Gasteiger partial charge >= 0.3 is 0 Å². The molecule has 2 aromatic carbocycles. The lowest BCUT2D eigenvalue weighted by atomic mass is 10.2. The maximum Gasteiger partial charge on any atom is 0.267 e. The number of hydrogen-bond donors (Lipinski definition) is 2. The van der Waals surface area contributed by atoms with E-state index in [0.717, 1.165) is 10.0 Å². The van der Waals surface area contributed by atoms with Crippen molar-refractivity contribution in [1.29, 1.82) is 5.26 Å². The summed E-state index contributed by atoms with van der Waals surface area (Å²) < 4.78 is 0.984. The van der Waals surface area contributed by atoms with Crippen molar-refractivity contribution in [3.63, 3.8) is 0 Å². The Morgan fingerprint density at radius 2 is 1.92 bits per heavy atom. The summed E-state index contributed by atoms with van der Waals surface area (Å²) in [6, 6.07) is 14.3. The maximum atomic E-state index is 12.1. The quantitative estimate of drug-likeness (QED) is 0.530. The summed E-state index contributed by atoms with van der Waals surface area (Å²) in [7, 11) is 0. The van der Waals surface area contributed by atoms with E-state index in [1.54, 1.807) is 12.1 Å². The van der Waals surface area contributed by atoms with E-state index in [2.05, 4.69) is 26.6 Å². The van der Waals surface area contributed by atoms with Crippen molar-refractivity contribution in [2.24, 2.45) is 0 Å². The highest BCUT2D eigenvalue weighted by molar-refractivity contribution is 9.10. The van der Waals surface area contributed by atoms with E-state index in [4.69, 9.17) is 28.5 Å². The molecule has 0 saturated heterocycles. The topological polar surface area (TPSA) is 64.9 Å². The van der Waals surface area contributed by atoms with E-state index >= 15 is 0 Å². The molecule has 4 nitrogen and oxygen atoms in total. The van der Waals surface area contributed by atoms with Gasteiger partial charge in [-0.25, -0.2) is 0 Å². The molecule has 7 heteroatoms. The fourth-order valence-corrected chi connectivity index (χ4v) is 2.41. The molecule has 0 fully saturated rings. The Hall–Kier alpha value is -2.00. The molecule has 0 aliphatic carbocycles. The summed E-state index contributed by atoms with van der Waals surface area (Å²) >= 11 is 15.2. The van der Waals surface area contributed by atoms with Crippen molar-refractivity contribution in [2.45, 2.75) is 6.54 Å². The summed E-state index contributed by atoms with van der Waals surface area (Å²) in [5, 5.41) is 15.4. The van der Waals surface area contributed by atoms with Crippen LogP contribution in [-0.2, 0) is 11.3 Å². The number of halogens is 3. The highest BCUT2D eigenvalue weighted by Gasteiger charge is 2.11. The Morgan fingerprint density at radius 3 is 2.58 bits per heavy atom. The molecule has 0 unspecified atom stereocenters. The number of rotatable bonds is 5. The van der Waals surface area contributed by atoms with Crippen molar-refractivity contribution >= 4 is 50.7 Å². The van der Waals surface area contributed by atoms with Gasteiger partial charge in [0.15, 0.2) is 0 Å². The Balaban J connectivity index is 2.01. The molecule has 0 spiro atoms. The van der Waals surface area contributed by atoms with E-state index in [-0.39, 0.29) is 5.57 Å². The van der Waals surface area contributed by atoms with Crippen molar-refractivity contribution in [1.82, 2.24) is 5.32 Å². The molecular formula is C17H12BrCl2N3O. The van der Waals surface area contributed by atoms with Crippen molar-refractivity contribution < 1.29 is 4.79 Å². The van der Waals surface area contributed by atoms with E-state index < -0.39 is 5.91 Å². The molecule has 0 aliphatic rings. The minimum Gasteiger partial charge on any atom is -0.386 e. The molecule has 0 saturated carbocycles. The third-order valence-electron chi connectivity index (χ3n) is 3.01. The first-order chi connectivity index (χ1) is 11.5. The van der Waals surface area contributed by atoms with Gasteiger partial charge in [-0.2, -0.15) is 5.26 Å². The van der Waals surface area contributed by atoms with Gasteiger partial charge in [0, 0.05) is 22.2 Å². The van der Waals surface area contributed by atoms with Gasteiger partial charge in [0.25, 0.3) is 5.91 Å². The zero-order valence-electron chi connectivity index (χ0n) is 12.3. The number of nitrogens with zero attached hydrogens (tertiary/aromatic N) is 1. The SMILES string of the molecule is N#C/C(=C/NCc1ccc(Br)cc1)C(=O)Nc1cc(Cl)ccc1Cl. The van der Waals surface area contributed by atoms with Crippen molar-refractivity contribution in [3.05, 3.63) is 74.3 Å². The average molecular weight is 425 g/mol. The van der Waals surface area contributed by atoms with Gasteiger partial charge in [-0.3, -0.25) is 4.79 Å². The van der Waals surface area contributed by atoms with Crippen LogP contribution in [0.4, 0.5) is 5.69 Å². The Bertz CT molecular complexity index is 814. The predicted octanol–water partition coefficient (Wildman–Crippen LogP) is 4.89. The third kappa shape index (κ3) is 5.27. The zero-order chi connectivity index (χ0) is 17.5. The van der Waals surface area contributed by atoms with E-state index in [1.807, 2.05) is 30.3 Å². The van der Waals surface area contributed by atoms with Crippen molar-refractivity contribution in [2.75, 3.05) is 5.32 Å². The lowest BCUT2D eigenvalue weighted by Gasteiger charge is -2.07. The first kappa shape index (κ1) is 18.3. The monoisotopic (exact) mass is 423 g/mol. The van der Waals surface area contributed by atoms with Crippen LogP contribution in [0.3, 0.4) is 0 Å².